The van der Waals surface area contributed by atoms with Gasteiger partial charge in [-0.2, -0.15) is 0 Å². The molecule has 20 heavy (non-hydrogen) atoms. The summed E-state index contributed by atoms with van der Waals surface area (Å²) in [6.45, 7) is 2.12. The molecule has 2 heterocycles. The first-order chi connectivity index (χ1) is 9.79. The number of benzene rings is 1. The number of imidazole rings is 1. The summed E-state index contributed by atoms with van der Waals surface area (Å²) in [5, 5.41) is 4.06. The van der Waals surface area contributed by atoms with E-state index in [1.54, 1.807) is 7.11 Å². The Balaban J connectivity index is 1.94. The minimum absolute atomic E-state index is 0.507. The second-order valence-corrected chi connectivity index (χ2v) is 5.46. The van der Waals surface area contributed by atoms with E-state index in [0.29, 0.717) is 16.7 Å². The molecular formula is C15H18ClN3O. The van der Waals surface area contributed by atoms with Gasteiger partial charge in [-0.05, 0) is 37.6 Å². The Labute approximate surface area is 123 Å². The van der Waals surface area contributed by atoms with Crippen molar-refractivity contribution in [2.45, 2.75) is 18.8 Å². The Morgan fingerprint density at radius 2 is 2.35 bits per heavy atom. The summed E-state index contributed by atoms with van der Waals surface area (Å²) in [4.78, 5) is 4.31. The number of nitrogens with one attached hydrogen (secondary N) is 1. The van der Waals surface area contributed by atoms with Crippen molar-refractivity contribution in [1.82, 2.24) is 14.9 Å². The summed E-state index contributed by atoms with van der Waals surface area (Å²) in [6, 6.07) is 5.81. The van der Waals surface area contributed by atoms with Gasteiger partial charge in [0.05, 0.1) is 18.5 Å². The maximum atomic E-state index is 6.21. The van der Waals surface area contributed by atoms with Gasteiger partial charge in [0.15, 0.2) is 0 Å². The van der Waals surface area contributed by atoms with E-state index in [1.165, 1.54) is 18.5 Å². The molecule has 106 valence electrons. The molecule has 3 rings (SSSR count). The molecule has 1 saturated heterocycles. The third kappa shape index (κ3) is 2.53. The molecule has 1 aliphatic rings. The lowest BCUT2D eigenvalue weighted by Crippen LogP contribution is -2.29. The van der Waals surface area contributed by atoms with Crippen molar-refractivity contribution in [3.05, 3.63) is 41.4 Å². The lowest BCUT2D eigenvalue weighted by molar-refractivity contribution is 0.415. The van der Waals surface area contributed by atoms with Crippen LogP contribution in [0.5, 0.6) is 5.75 Å². The Kier molecular flexibility index (Phi) is 3.94. The first-order valence-corrected chi connectivity index (χ1v) is 7.24. The Bertz CT molecular complexity index is 591. The van der Waals surface area contributed by atoms with Crippen LogP contribution in [-0.4, -0.2) is 29.8 Å². The molecule has 1 atom stereocenters. The number of hydrogen-bond acceptors (Lipinski definition) is 3. The number of aromatic nitrogens is 2. The van der Waals surface area contributed by atoms with Gasteiger partial charge in [0.25, 0.3) is 0 Å². The highest BCUT2D eigenvalue weighted by Gasteiger charge is 2.19. The van der Waals surface area contributed by atoms with E-state index in [-0.39, 0.29) is 0 Å². The van der Waals surface area contributed by atoms with Gasteiger partial charge in [-0.25, -0.2) is 4.98 Å². The standard InChI is InChI=1S/C15H18ClN3O/c1-20-15-5-4-12(7-13(15)16)19-10-18-9-14(19)11-3-2-6-17-8-11/h4-5,7,9-11,17H,2-3,6,8H2,1H3. The Hall–Kier alpha value is -1.52. The minimum atomic E-state index is 0.507. The smallest absolute Gasteiger partial charge is 0.137 e. The van der Waals surface area contributed by atoms with Crippen molar-refractivity contribution in [3.63, 3.8) is 0 Å². The third-order valence-electron chi connectivity index (χ3n) is 3.80. The SMILES string of the molecule is COc1ccc(-n2cncc2C2CCCNC2)cc1Cl. The number of ether oxygens (including phenoxy) is 1. The van der Waals surface area contributed by atoms with Gasteiger partial charge in [0, 0.05) is 30.0 Å². The molecule has 0 bridgehead atoms. The fourth-order valence-electron chi connectivity index (χ4n) is 2.73. The van der Waals surface area contributed by atoms with Crippen molar-refractivity contribution in [3.8, 4) is 11.4 Å². The quantitative estimate of drug-likeness (QED) is 0.945. The highest BCUT2D eigenvalue weighted by molar-refractivity contribution is 6.32. The number of methoxy groups -OCH3 is 1. The molecule has 0 saturated carbocycles. The highest BCUT2D eigenvalue weighted by atomic mass is 35.5. The Morgan fingerprint density at radius 3 is 3.05 bits per heavy atom. The molecule has 5 heteroatoms. The average Bonchev–Trinajstić information content (AvgIpc) is 2.97. The van der Waals surface area contributed by atoms with Crippen LogP contribution in [-0.2, 0) is 0 Å². The molecule has 0 spiro atoms. The van der Waals surface area contributed by atoms with Crippen LogP contribution in [0.4, 0.5) is 0 Å². The highest BCUT2D eigenvalue weighted by Crippen LogP contribution is 2.29. The number of hydrogen-bond donors (Lipinski definition) is 1. The average molecular weight is 292 g/mol. The molecule has 2 aromatic rings. The van der Waals surface area contributed by atoms with Crippen LogP contribution in [0.15, 0.2) is 30.7 Å². The maximum Gasteiger partial charge on any atom is 0.137 e. The van der Waals surface area contributed by atoms with Gasteiger partial charge in [-0.3, -0.25) is 0 Å². The van der Waals surface area contributed by atoms with Crippen LogP contribution < -0.4 is 10.1 Å². The van der Waals surface area contributed by atoms with Crippen molar-refractivity contribution in [1.29, 1.82) is 0 Å². The summed E-state index contributed by atoms with van der Waals surface area (Å²) in [5.41, 5.74) is 2.26. The van der Waals surface area contributed by atoms with Crippen LogP contribution >= 0.6 is 11.6 Å². The lowest BCUT2D eigenvalue weighted by Gasteiger charge is -2.24. The van der Waals surface area contributed by atoms with Crippen molar-refractivity contribution in [2.75, 3.05) is 20.2 Å². The largest absolute Gasteiger partial charge is 0.495 e. The predicted octanol–water partition coefficient (Wildman–Crippen LogP) is 3.00. The van der Waals surface area contributed by atoms with Crippen molar-refractivity contribution < 1.29 is 4.74 Å². The molecule has 1 N–H and O–H groups in total. The first-order valence-electron chi connectivity index (χ1n) is 6.86. The van der Waals surface area contributed by atoms with Crippen molar-refractivity contribution >= 4 is 11.6 Å². The first kappa shape index (κ1) is 13.5. The fourth-order valence-corrected chi connectivity index (χ4v) is 2.98. The number of piperidine rings is 1. The molecule has 1 aliphatic heterocycles. The number of halogens is 1. The molecule has 1 aromatic heterocycles. The zero-order valence-electron chi connectivity index (χ0n) is 11.5. The van der Waals surface area contributed by atoms with E-state index in [2.05, 4.69) is 14.9 Å². The van der Waals surface area contributed by atoms with E-state index < -0.39 is 0 Å². The summed E-state index contributed by atoms with van der Waals surface area (Å²) < 4.78 is 7.31. The zero-order valence-corrected chi connectivity index (χ0v) is 12.2. The van der Waals surface area contributed by atoms with Crippen LogP contribution in [0.2, 0.25) is 5.02 Å². The summed E-state index contributed by atoms with van der Waals surface area (Å²) in [6.07, 6.45) is 6.21. The van der Waals surface area contributed by atoms with E-state index in [0.717, 1.165) is 18.8 Å². The topological polar surface area (TPSA) is 39.1 Å². The molecular weight excluding hydrogens is 274 g/mol. The van der Waals surface area contributed by atoms with Crippen LogP contribution in [0.25, 0.3) is 5.69 Å². The fraction of sp³-hybridized carbons (Fsp3) is 0.400. The molecule has 1 aromatic carbocycles. The monoisotopic (exact) mass is 291 g/mol. The Morgan fingerprint density at radius 1 is 1.45 bits per heavy atom. The van der Waals surface area contributed by atoms with E-state index in [1.807, 2.05) is 30.7 Å². The van der Waals surface area contributed by atoms with E-state index in [4.69, 9.17) is 16.3 Å². The maximum absolute atomic E-state index is 6.21. The zero-order chi connectivity index (χ0) is 13.9. The summed E-state index contributed by atoms with van der Waals surface area (Å²) in [5.74, 6) is 1.20. The summed E-state index contributed by atoms with van der Waals surface area (Å²) in [7, 11) is 1.62. The van der Waals surface area contributed by atoms with Crippen LogP contribution in [0.3, 0.4) is 0 Å². The van der Waals surface area contributed by atoms with Gasteiger partial charge in [0.2, 0.25) is 0 Å². The molecule has 0 amide bonds. The van der Waals surface area contributed by atoms with E-state index in [9.17, 15) is 0 Å². The molecule has 0 aliphatic carbocycles. The summed E-state index contributed by atoms with van der Waals surface area (Å²) >= 11 is 6.21. The normalized spacial score (nSPS) is 19.0. The van der Waals surface area contributed by atoms with Gasteiger partial charge in [-0.1, -0.05) is 11.6 Å². The second kappa shape index (κ2) is 5.85. The predicted molar refractivity (Wildman–Crippen MR) is 80.0 cm³/mol. The van der Waals surface area contributed by atoms with Gasteiger partial charge in [0.1, 0.15) is 5.75 Å². The van der Waals surface area contributed by atoms with Gasteiger partial charge >= 0.3 is 0 Å². The van der Waals surface area contributed by atoms with Crippen LogP contribution in [0, 0.1) is 0 Å². The molecule has 4 nitrogen and oxygen atoms in total. The molecule has 0 radical (unpaired) electrons. The van der Waals surface area contributed by atoms with Crippen molar-refractivity contribution in [2.24, 2.45) is 0 Å². The molecule has 1 unspecified atom stereocenters. The second-order valence-electron chi connectivity index (χ2n) is 5.05. The third-order valence-corrected chi connectivity index (χ3v) is 4.09. The number of rotatable bonds is 3. The van der Waals surface area contributed by atoms with Crippen LogP contribution in [0.1, 0.15) is 24.5 Å². The van der Waals surface area contributed by atoms with E-state index >= 15 is 0 Å². The molecule has 1 fully saturated rings. The van der Waals surface area contributed by atoms with Gasteiger partial charge < -0.3 is 14.6 Å². The number of nitrogens with zero attached hydrogens (tertiary/aromatic N) is 2. The minimum Gasteiger partial charge on any atom is -0.495 e. The van der Waals surface area contributed by atoms with Gasteiger partial charge in [-0.15, -0.1) is 0 Å². The lowest BCUT2D eigenvalue weighted by atomic mass is 9.96.